The summed E-state index contributed by atoms with van der Waals surface area (Å²) in [6.07, 6.45) is 5.63. The van der Waals surface area contributed by atoms with Gasteiger partial charge in [-0.3, -0.25) is 4.68 Å². The summed E-state index contributed by atoms with van der Waals surface area (Å²) in [4.78, 5) is 0. The van der Waals surface area contributed by atoms with Crippen molar-refractivity contribution in [2.45, 2.75) is 26.9 Å². The normalized spacial score (nSPS) is 10.9. The van der Waals surface area contributed by atoms with E-state index in [1.165, 1.54) is 11.1 Å². The zero-order valence-corrected chi connectivity index (χ0v) is 9.73. The first-order valence-electron chi connectivity index (χ1n) is 5.54. The molecule has 0 unspecified atom stereocenters. The Bertz CT molecular complexity index is 445. The van der Waals surface area contributed by atoms with E-state index in [0.717, 1.165) is 25.4 Å². The lowest BCUT2D eigenvalue weighted by atomic mass is 10.2. The first kappa shape index (κ1) is 11.0. The van der Waals surface area contributed by atoms with E-state index < -0.39 is 0 Å². The molecule has 0 aliphatic carbocycles. The van der Waals surface area contributed by atoms with Crippen LogP contribution in [0.15, 0.2) is 29.1 Å². The van der Waals surface area contributed by atoms with Crippen LogP contribution in [0.4, 0.5) is 0 Å². The summed E-state index contributed by atoms with van der Waals surface area (Å²) in [5.41, 5.74) is 2.36. The maximum Gasteiger partial charge on any atom is 0.122 e. The van der Waals surface area contributed by atoms with Gasteiger partial charge in [0.2, 0.25) is 0 Å². The molecule has 0 aliphatic heterocycles. The van der Waals surface area contributed by atoms with Crippen molar-refractivity contribution in [1.82, 2.24) is 15.1 Å². The summed E-state index contributed by atoms with van der Waals surface area (Å²) in [7, 11) is 0. The molecule has 0 spiro atoms. The summed E-state index contributed by atoms with van der Waals surface area (Å²) < 4.78 is 7.37. The smallest absolute Gasteiger partial charge is 0.122 e. The van der Waals surface area contributed by atoms with Crippen LogP contribution in [0.1, 0.15) is 23.8 Å². The molecular weight excluding hydrogens is 202 g/mol. The number of hydrogen-bond acceptors (Lipinski definition) is 3. The lowest BCUT2D eigenvalue weighted by molar-refractivity contribution is 0.479. The van der Waals surface area contributed by atoms with Gasteiger partial charge in [-0.2, -0.15) is 5.10 Å². The molecule has 0 saturated heterocycles. The summed E-state index contributed by atoms with van der Waals surface area (Å²) in [6, 6.07) is 2.00. The van der Waals surface area contributed by atoms with Gasteiger partial charge in [0.25, 0.3) is 0 Å². The predicted octanol–water partition coefficient (Wildman–Crippen LogP) is 1.94. The lowest BCUT2D eigenvalue weighted by Gasteiger charge is -2.03. The molecule has 16 heavy (non-hydrogen) atoms. The van der Waals surface area contributed by atoms with E-state index in [-0.39, 0.29) is 0 Å². The van der Waals surface area contributed by atoms with E-state index in [9.17, 15) is 0 Å². The van der Waals surface area contributed by atoms with Crippen LogP contribution in [-0.4, -0.2) is 16.3 Å². The Morgan fingerprint density at radius 3 is 3.06 bits per heavy atom. The Morgan fingerprint density at radius 2 is 2.38 bits per heavy atom. The Kier molecular flexibility index (Phi) is 3.41. The number of rotatable bonds is 5. The third-order valence-electron chi connectivity index (χ3n) is 2.47. The number of aromatic nitrogens is 2. The monoisotopic (exact) mass is 219 g/mol. The summed E-state index contributed by atoms with van der Waals surface area (Å²) >= 11 is 0. The van der Waals surface area contributed by atoms with E-state index in [1.54, 1.807) is 6.26 Å². The van der Waals surface area contributed by atoms with Gasteiger partial charge in [0.1, 0.15) is 5.76 Å². The number of nitrogens with zero attached hydrogens (tertiary/aromatic N) is 2. The molecule has 0 aromatic carbocycles. The topological polar surface area (TPSA) is 43.0 Å². The average Bonchev–Trinajstić information content (AvgIpc) is 2.86. The maximum absolute atomic E-state index is 5.44. The van der Waals surface area contributed by atoms with Gasteiger partial charge in [0.15, 0.2) is 0 Å². The number of nitrogens with one attached hydrogen (secondary N) is 1. The number of furan rings is 1. The van der Waals surface area contributed by atoms with Crippen LogP contribution in [-0.2, 0) is 13.1 Å². The Labute approximate surface area is 95.3 Å². The van der Waals surface area contributed by atoms with Crippen molar-refractivity contribution in [3.8, 4) is 0 Å². The lowest BCUT2D eigenvalue weighted by Crippen LogP contribution is -2.13. The molecule has 0 bridgehead atoms. The van der Waals surface area contributed by atoms with Gasteiger partial charge in [0.05, 0.1) is 25.5 Å². The van der Waals surface area contributed by atoms with E-state index in [2.05, 4.69) is 17.3 Å². The molecule has 2 aromatic heterocycles. The quantitative estimate of drug-likeness (QED) is 0.835. The molecule has 2 rings (SSSR count). The summed E-state index contributed by atoms with van der Waals surface area (Å²) in [5.74, 6) is 0.995. The minimum absolute atomic E-state index is 0.769. The zero-order chi connectivity index (χ0) is 11.4. The largest absolute Gasteiger partial charge is 0.468 e. The molecule has 0 fully saturated rings. The number of aryl methyl sites for hydroxylation is 1. The highest BCUT2D eigenvalue weighted by Crippen LogP contribution is 2.12. The Hall–Kier alpha value is -1.55. The molecule has 0 saturated carbocycles. The van der Waals surface area contributed by atoms with Gasteiger partial charge in [0, 0.05) is 11.8 Å². The van der Waals surface area contributed by atoms with Crippen LogP contribution in [0.3, 0.4) is 0 Å². The van der Waals surface area contributed by atoms with Crippen molar-refractivity contribution in [2.75, 3.05) is 6.54 Å². The minimum atomic E-state index is 0.769. The highest BCUT2D eigenvalue weighted by Gasteiger charge is 2.06. The van der Waals surface area contributed by atoms with E-state index in [0.29, 0.717) is 0 Å². The van der Waals surface area contributed by atoms with Crippen LogP contribution in [0.2, 0.25) is 0 Å². The van der Waals surface area contributed by atoms with Crippen molar-refractivity contribution < 1.29 is 4.42 Å². The molecule has 0 aliphatic rings. The summed E-state index contributed by atoms with van der Waals surface area (Å²) in [6.45, 7) is 6.61. The van der Waals surface area contributed by atoms with Crippen molar-refractivity contribution in [2.24, 2.45) is 0 Å². The first-order chi connectivity index (χ1) is 7.79. The number of hydrogen-bond donors (Lipinski definition) is 1. The first-order valence-corrected chi connectivity index (χ1v) is 5.54. The Balaban J connectivity index is 2.06. The molecule has 4 nitrogen and oxygen atoms in total. The summed E-state index contributed by atoms with van der Waals surface area (Å²) in [5, 5.41) is 7.53. The second-order valence-corrected chi connectivity index (χ2v) is 3.86. The fraction of sp³-hybridized carbons (Fsp3) is 0.417. The van der Waals surface area contributed by atoms with Gasteiger partial charge in [-0.05, 0) is 25.1 Å². The maximum atomic E-state index is 5.44. The Morgan fingerprint density at radius 1 is 1.50 bits per heavy atom. The van der Waals surface area contributed by atoms with E-state index in [4.69, 9.17) is 4.42 Å². The van der Waals surface area contributed by atoms with Gasteiger partial charge in [-0.15, -0.1) is 0 Å². The van der Waals surface area contributed by atoms with E-state index in [1.807, 2.05) is 30.1 Å². The standard InChI is InChI=1S/C12H17N3O/c1-3-13-7-12-11(4-5-16-12)9-15-8-10(2)6-14-15/h4-6,8,13H,3,7,9H2,1-2H3. The average molecular weight is 219 g/mol. The van der Waals surface area contributed by atoms with Crippen LogP contribution < -0.4 is 5.32 Å². The van der Waals surface area contributed by atoms with E-state index >= 15 is 0 Å². The third-order valence-corrected chi connectivity index (χ3v) is 2.47. The van der Waals surface area contributed by atoms with Crippen molar-refractivity contribution in [3.05, 3.63) is 41.6 Å². The molecule has 4 heteroatoms. The minimum Gasteiger partial charge on any atom is -0.468 e. The second kappa shape index (κ2) is 4.99. The van der Waals surface area contributed by atoms with Crippen LogP contribution in [0.25, 0.3) is 0 Å². The highest BCUT2D eigenvalue weighted by molar-refractivity contribution is 5.17. The van der Waals surface area contributed by atoms with Gasteiger partial charge in [-0.1, -0.05) is 6.92 Å². The van der Waals surface area contributed by atoms with Crippen molar-refractivity contribution in [3.63, 3.8) is 0 Å². The highest BCUT2D eigenvalue weighted by atomic mass is 16.3. The SMILES string of the molecule is CCNCc1occc1Cn1cc(C)cn1. The molecule has 86 valence electrons. The zero-order valence-electron chi connectivity index (χ0n) is 9.73. The molecule has 0 amide bonds. The van der Waals surface area contributed by atoms with Gasteiger partial charge < -0.3 is 9.73 Å². The molecular formula is C12H17N3O. The fourth-order valence-corrected chi connectivity index (χ4v) is 1.63. The molecule has 0 radical (unpaired) electrons. The van der Waals surface area contributed by atoms with Crippen LogP contribution in [0.5, 0.6) is 0 Å². The van der Waals surface area contributed by atoms with Crippen molar-refractivity contribution in [1.29, 1.82) is 0 Å². The molecule has 2 heterocycles. The van der Waals surface area contributed by atoms with Crippen LogP contribution in [0, 0.1) is 6.92 Å². The predicted molar refractivity (Wildman–Crippen MR) is 62.2 cm³/mol. The fourth-order valence-electron chi connectivity index (χ4n) is 1.63. The van der Waals surface area contributed by atoms with Crippen molar-refractivity contribution >= 4 is 0 Å². The van der Waals surface area contributed by atoms with Crippen LogP contribution >= 0.6 is 0 Å². The second-order valence-electron chi connectivity index (χ2n) is 3.86. The molecule has 0 atom stereocenters. The molecule has 2 aromatic rings. The third kappa shape index (κ3) is 2.52. The molecule has 1 N–H and O–H groups in total. The van der Waals surface area contributed by atoms with Gasteiger partial charge >= 0.3 is 0 Å². The van der Waals surface area contributed by atoms with Gasteiger partial charge in [-0.25, -0.2) is 0 Å².